The van der Waals surface area contributed by atoms with Gasteiger partial charge in [-0.3, -0.25) is 0 Å². The first-order valence-corrected chi connectivity index (χ1v) is 5.31. The van der Waals surface area contributed by atoms with Gasteiger partial charge < -0.3 is 15.2 Å². The van der Waals surface area contributed by atoms with Crippen molar-refractivity contribution in [1.82, 2.24) is 5.32 Å². The Labute approximate surface area is 90.1 Å². The molecular weight excluding hydrogens is 190 g/mol. The molecule has 1 heterocycles. The Bertz CT molecular complexity index is 332. The summed E-state index contributed by atoms with van der Waals surface area (Å²) in [6.07, 6.45) is 0.763. The number of aliphatic hydroxyl groups is 1. The molecule has 82 valence electrons. The first kappa shape index (κ1) is 10.5. The molecule has 1 fully saturated rings. The molecule has 1 unspecified atom stereocenters. The average Bonchev–Trinajstić information content (AvgIpc) is 2.65. The van der Waals surface area contributed by atoms with E-state index in [1.54, 1.807) is 0 Å². The van der Waals surface area contributed by atoms with Crippen LogP contribution >= 0.6 is 0 Å². The second kappa shape index (κ2) is 4.21. The van der Waals surface area contributed by atoms with Crippen LogP contribution in [0, 0.1) is 6.92 Å². The monoisotopic (exact) mass is 207 g/mol. The second-order valence-corrected chi connectivity index (χ2v) is 4.21. The summed E-state index contributed by atoms with van der Waals surface area (Å²) >= 11 is 0. The molecule has 1 atom stereocenters. The number of β-amino-alcohol motifs (C(OH)–C–C–N with tert-alkyl or cyclic N) is 1. The zero-order valence-corrected chi connectivity index (χ0v) is 8.99. The maximum absolute atomic E-state index is 10.1. The maximum atomic E-state index is 10.1. The zero-order chi connectivity index (χ0) is 10.7. The predicted molar refractivity (Wildman–Crippen MR) is 59.1 cm³/mol. The molecule has 1 aliphatic rings. The molecule has 3 heteroatoms. The summed E-state index contributed by atoms with van der Waals surface area (Å²) in [6.45, 7) is 3.86. The quantitative estimate of drug-likeness (QED) is 0.780. The predicted octanol–water partition coefficient (Wildman–Crippen LogP) is 1.10. The minimum atomic E-state index is -0.692. The Morgan fingerprint density at radius 3 is 2.93 bits per heavy atom. The molecule has 2 N–H and O–H groups in total. The molecular formula is C12H17NO2. The first-order valence-electron chi connectivity index (χ1n) is 5.31. The van der Waals surface area contributed by atoms with Crippen molar-refractivity contribution < 1.29 is 9.84 Å². The third-order valence-electron chi connectivity index (χ3n) is 2.81. The van der Waals surface area contributed by atoms with E-state index in [2.05, 4.69) is 5.32 Å². The maximum Gasteiger partial charge on any atom is 0.122 e. The van der Waals surface area contributed by atoms with Crippen LogP contribution < -0.4 is 10.1 Å². The summed E-state index contributed by atoms with van der Waals surface area (Å²) in [6, 6.07) is 7.86. The van der Waals surface area contributed by atoms with Crippen molar-refractivity contribution in [2.24, 2.45) is 0 Å². The topological polar surface area (TPSA) is 41.5 Å². The molecule has 1 saturated heterocycles. The Hall–Kier alpha value is -1.06. The Kier molecular flexibility index (Phi) is 2.93. The number of rotatable bonds is 3. The van der Waals surface area contributed by atoms with E-state index in [9.17, 15) is 5.11 Å². The van der Waals surface area contributed by atoms with E-state index in [-0.39, 0.29) is 0 Å². The molecule has 0 radical (unpaired) electrons. The summed E-state index contributed by atoms with van der Waals surface area (Å²) in [5.41, 5.74) is 0.412. The van der Waals surface area contributed by atoms with Gasteiger partial charge in [-0.1, -0.05) is 18.2 Å². The number of benzene rings is 1. The Morgan fingerprint density at radius 2 is 2.27 bits per heavy atom. The lowest BCUT2D eigenvalue weighted by Crippen LogP contribution is -2.38. The molecule has 0 spiro atoms. The van der Waals surface area contributed by atoms with E-state index in [0.29, 0.717) is 13.2 Å². The molecule has 15 heavy (non-hydrogen) atoms. The Morgan fingerprint density at radius 1 is 1.47 bits per heavy atom. The minimum Gasteiger partial charge on any atom is -0.490 e. The lowest BCUT2D eigenvalue weighted by molar-refractivity contribution is 0.0128. The molecule has 0 aliphatic carbocycles. The lowest BCUT2D eigenvalue weighted by Gasteiger charge is -2.22. The highest BCUT2D eigenvalue weighted by molar-refractivity contribution is 5.31. The molecule has 0 aromatic heterocycles. The van der Waals surface area contributed by atoms with E-state index in [1.165, 1.54) is 0 Å². The van der Waals surface area contributed by atoms with E-state index < -0.39 is 5.60 Å². The smallest absolute Gasteiger partial charge is 0.122 e. The van der Waals surface area contributed by atoms with E-state index >= 15 is 0 Å². The van der Waals surface area contributed by atoms with Crippen LogP contribution in [0.3, 0.4) is 0 Å². The van der Waals surface area contributed by atoms with Crippen LogP contribution in [0.25, 0.3) is 0 Å². The van der Waals surface area contributed by atoms with E-state index in [0.717, 1.165) is 24.3 Å². The van der Waals surface area contributed by atoms with Gasteiger partial charge in [0.25, 0.3) is 0 Å². The molecule has 2 rings (SSSR count). The number of ether oxygens (including phenoxy) is 1. The average molecular weight is 207 g/mol. The van der Waals surface area contributed by atoms with Crippen molar-refractivity contribution >= 4 is 0 Å². The lowest BCUT2D eigenvalue weighted by atomic mass is 10.1. The highest BCUT2D eigenvalue weighted by Crippen LogP contribution is 2.20. The summed E-state index contributed by atoms with van der Waals surface area (Å²) in [5.74, 6) is 0.859. The SMILES string of the molecule is Cc1ccccc1OCC1(O)CCNC1. The Balaban J connectivity index is 1.95. The minimum absolute atomic E-state index is 0.366. The zero-order valence-electron chi connectivity index (χ0n) is 8.99. The highest BCUT2D eigenvalue weighted by Gasteiger charge is 2.31. The second-order valence-electron chi connectivity index (χ2n) is 4.21. The van der Waals surface area contributed by atoms with Crippen molar-refractivity contribution in [3.05, 3.63) is 29.8 Å². The van der Waals surface area contributed by atoms with E-state index in [1.807, 2.05) is 31.2 Å². The van der Waals surface area contributed by atoms with Gasteiger partial charge in [-0.2, -0.15) is 0 Å². The fourth-order valence-electron chi connectivity index (χ4n) is 1.78. The van der Waals surface area contributed by atoms with Gasteiger partial charge in [0.15, 0.2) is 0 Å². The van der Waals surface area contributed by atoms with Crippen LogP contribution in [-0.2, 0) is 0 Å². The van der Waals surface area contributed by atoms with Crippen molar-refractivity contribution in [3.8, 4) is 5.75 Å². The fraction of sp³-hybridized carbons (Fsp3) is 0.500. The molecule has 0 amide bonds. The van der Waals surface area contributed by atoms with Gasteiger partial charge in [0.2, 0.25) is 0 Å². The number of aryl methyl sites for hydroxylation is 1. The largest absolute Gasteiger partial charge is 0.490 e. The third-order valence-corrected chi connectivity index (χ3v) is 2.81. The van der Waals surface area contributed by atoms with Gasteiger partial charge in [0.1, 0.15) is 18.0 Å². The standard InChI is InChI=1S/C12H17NO2/c1-10-4-2-3-5-11(10)15-9-12(14)6-7-13-8-12/h2-5,13-14H,6-9H2,1H3. The van der Waals surface area contributed by atoms with Crippen LogP contribution in [0.2, 0.25) is 0 Å². The van der Waals surface area contributed by atoms with Gasteiger partial charge in [-0.15, -0.1) is 0 Å². The number of hydrogen-bond donors (Lipinski definition) is 2. The van der Waals surface area contributed by atoms with Gasteiger partial charge in [0.05, 0.1) is 0 Å². The highest BCUT2D eigenvalue weighted by atomic mass is 16.5. The molecule has 0 saturated carbocycles. The van der Waals surface area contributed by atoms with Crippen molar-refractivity contribution in [3.63, 3.8) is 0 Å². The van der Waals surface area contributed by atoms with Crippen LogP contribution in [0.1, 0.15) is 12.0 Å². The van der Waals surface area contributed by atoms with Gasteiger partial charge in [-0.05, 0) is 31.5 Å². The normalized spacial score (nSPS) is 25.5. The number of hydrogen-bond acceptors (Lipinski definition) is 3. The van der Waals surface area contributed by atoms with Crippen LogP contribution in [0.15, 0.2) is 24.3 Å². The molecule has 1 aromatic carbocycles. The van der Waals surface area contributed by atoms with Gasteiger partial charge in [-0.25, -0.2) is 0 Å². The summed E-state index contributed by atoms with van der Waals surface area (Å²) < 4.78 is 5.63. The number of para-hydroxylation sites is 1. The number of nitrogens with one attached hydrogen (secondary N) is 1. The third kappa shape index (κ3) is 2.49. The van der Waals surface area contributed by atoms with Crippen LogP contribution in [0.5, 0.6) is 5.75 Å². The van der Waals surface area contributed by atoms with Crippen molar-refractivity contribution in [2.45, 2.75) is 18.9 Å². The van der Waals surface area contributed by atoms with Crippen molar-refractivity contribution in [1.29, 1.82) is 0 Å². The van der Waals surface area contributed by atoms with Crippen molar-refractivity contribution in [2.75, 3.05) is 19.7 Å². The molecule has 3 nitrogen and oxygen atoms in total. The summed E-state index contributed by atoms with van der Waals surface area (Å²) in [5, 5.41) is 13.2. The summed E-state index contributed by atoms with van der Waals surface area (Å²) in [7, 11) is 0. The van der Waals surface area contributed by atoms with E-state index in [4.69, 9.17) is 4.74 Å². The van der Waals surface area contributed by atoms with Gasteiger partial charge >= 0.3 is 0 Å². The molecule has 1 aromatic rings. The van der Waals surface area contributed by atoms with Gasteiger partial charge in [0, 0.05) is 6.54 Å². The summed E-state index contributed by atoms with van der Waals surface area (Å²) in [4.78, 5) is 0. The molecule has 1 aliphatic heterocycles. The van der Waals surface area contributed by atoms with Crippen LogP contribution in [-0.4, -0.2) is 30.4 Å². The molecule has 0 bridgehead atoms. The van der Waals surface area contributed by atoms with Crippen LogP contribution in [0.4, 0.5) is 0 Å². The first-order chi connectivity index (χ1) is 7.20. The fourth-order valence-corrected chi connectivity index (χ4v) is 1.78.